The molecule has 1 aliphatic heterocycles. The number of rotatable bonds is 3. The van der Waals surface area contributed by atoms with Crippen molar-refractivity contribution in [1.82, 2.24) is 10.6 Å². The van der Waals surface area contributed by atoms with Crippen LogP contribution in [0.2, 0.25) is 0 Å². The van der Waals surface area contributed by atoms with Gasteiger partial charge in [0.25, 0.3) is 5.91 Å². The summed E-state index contributed by atoms with van der Waals surface area (Å²) in [5.74, 6) is -0.198. The Morgan fingerprint density at radius 1 is 1.30 bits per heavy atom. The molecule has 0 radical (unpaired) electrons. The van der Waals surface area contributed by atoms with E-state index in [9.17, 15) is 9.59 Å². The van der Waals surface area contributed by atoms with E-state index in [1.807, 2.05) is 0 Å². The van der Waals surface area contributed by atoms with Gasteiger partial charge >= 0.3 is 6.03 Å². The lowest BCUT2D eigenvalue weighted by Crippen LogP contribution is -2.46. The first-order chi connectivity index (χ1) is 9.65. The number of amides is 3. The van der Waals surface area contributed by atoms with Crippen molar-refractivity contribution in [3.8, 4) is 0 Å². The molecule has 1 fully saturated rings. The largest absolute Gasteiger partial charge is 0.322 e. The molecule has 0 aromatic heterocycles. The number of hydrogen-bond acceptors (Lipinski definition) is 2. The molecule has 0 bridgehead atoms. The first-order valence-electron chi connectivity index (χ1n) is 7.41. The predicted octanol–water partition coefficient (Wildman–Crippen LogP) is 2.40. The zero-order valence-corrected chi connectivity index (χ0v) is 11.8. The second-order valence-electron chi connectivity index (χ2n) is 5.76. The number of imide groups is 1. The van der Waals surface area contributed by atoms with Crippen molar-refractivity contribution in [2.45, 2.75) is 51.0 Å². The summed E-state index contributed by atoms with van der Waals surface area (Å²) in [4.78, 5) is 23.8. The van der Waals surface area contributed by atoms with E-state index in [2.05, 4.69) is 35.8 Å². The van der Waals surface area contributed by atoms with Crippen LogP contribution in [0.4, 0.5) is 4.79 Å². The molecule has 1 atom stereocenters. The molecule has 1 aliphatic carbocycles. The molecule has 1 saturated heterocycles. The maximum atomic E-state index is 12.3. The normalized spacial score (nSPS) is 24.4. The van der Waals surface area contributed by atoms with E-state index >= 15 is 0 Å². The van der Waals surface area contributed by atoms with Gasteiger partial charge < -0.3 is 5.32 Å². The Hall–Kier alpha value is -1.84. The Kier molecular flexibility index (Phi) is 3.24. The van der Waals surface area contributed by atoms with Gasteiger partial charge in [-0.3, -0.25) is 10.1 Å². The highest BCUT2D eigenvalue weighted by atomic mass is 16.2. The molecule has 106 valence electrons. The highest BCUT2D eigenvalue weighted by molar-refractivity contribution is 6.07. The minimum absolute atomic E-state index is 0.198. The number of unbranched alkanes of at least 4 members (excludes halogenated alkanes) is 1. The predicted molar refractivity (Wildman–Crippen MR) is 76.3 cm³/mol. The number of fused-ring (bicyclic) bond motifs is 2. The third-order valence-corrected chi connectivity index (χ3v) is 4.39. The molecule has 2 N–H and O–H groups in total. The lowest BCUT2D eigenvalue weighted by Gasteiger charge is -2.33. The third-order valence-electron chi connectivity index (χ3n) is 4.39. The van der Waals surface area contributed by atoms with Crippen LogP contribution < -0.4 is 10.6 Å². The molecule has 1 spiro atoms. The Balaban J connectivity index is 2.02. The lowest BCUT2D eigenvalue weighted by atomic mass is 9.75. The molecular formula is C16H20N2O2. The van der Waals surface area contributed by atoms with Crippen molar-refractivity contribution >= 4 is 11.9 Å². The van der Waals surface area contributed by atoms with Crippen molar-refractivity contribution < 1.29 is 9.59 Å². The zero-order chi connectivity index (χ0) is 14.2. The van der Waals surface area contributed by atoms with Crippen molar-refractivity contribution in [3.05, 3.63) is 34.9 Å². The van der Waals surface area contributed by atoms with E-state index < -0.39 is 5.54 Å². The molecule has 20 heavy (non-hydrogen) atoms. The van der Waals surface area contributed by atoms with Gasteiger partial charge in [-0.2, -0.15) is 0 Å². The molecule has 4 heteroatoms. The molecule has 0 saturated carbocycles. The van der Waals surface area contributed by atoms with Gasteiger partial charge in [-0.15, -0.1) is 0 Å². The molecule has 3 amide bonds. The summed E-state index contributed by atoms with van der Waals surface area (Å²) in [7, 11) is 0. The summed E-state index contributed by atoms with van der Waals surface area (Å²) in [6.45, 7) is 2.17. The second-order valence-corrected chi connectivity index (χ2v) is 5.76. The number of urea groups is 1. The number of hydrogen-bond donors (Lipinski definition) is 2. The van der Waals surface area contributed by atoms with Crippen LogP contribution >= 0.6 is 0 Å². The summed E-state index contributed by atoms with van der Waals surface area (Å²) in [6.07, 6.45) is 5.91. The Morgan fingerprint density at radius 2 is 2.15 bits per heavy atom. The Morgan fingerprint density at radius 3 is 2.85 bits per heavy atom. The molecule has 1 heterocycles. The van der Waals surface area contributed by atoms with Gasteiger partial charge in [0.1, 0.15) is 5.54 Å². The van der Waals surface area contributed by atoms with Crippen molar-refractivity contribution in [2.24, 2.45) is 0 Å². The van der Waals surface area contributed by atoms with Crippen LogP contribution in [0.1, 0.15) is 49.3 Å². The minimum atomic E-state index is -0.826. The summed E-state index contributed by atoms with van der Waals surface area (Å²) in [5.41, 5.74) is 2.61. The van der Waals surface area contributed by atoms with Crippen LogP contribution in [0, 0.1) is 0 Å². The van der Waals surface area contributed by atoms with E-state index in [0.717, 1.165) is 37.7 Å². The van der Waals surface area contributed by atoms with Gasteiger partial charge in [0.15, 0.2) is 0 Å². The molecule has 4 nitrogen and oxygen atoms in total. The van der Waals surface area contributed by atoms with E-state index in [-0.39, 0.29) is 11.9 Å². The highest BCUT2D eigenvalue weighted by Gasteiger charge is 2.49. The average Bonchev–Trinajstić information content (AvgIpc) is 2.72. The van der Waals surface area contributed by atoms with E-state index in [4.69, 9.17) is 0 Å². The Labute approximate surface area is 118 Å². The van der Waals surface area contributed by atoms with Crippen molar-refractivity contribution in [2.75, 3.05) is 0 Å². The quantitative estimate of drug-likeness (QED) is 0.830. The van der Waals surface area contributed by atoms with Gasteiger partial charge in [-0.05, 0) is 48.8 Å². The van der Waals surface area contributed by atoms with Crippen molar-refractivity contribution in [3.63, 3.8) is 0 Å². The van der Waals surface area contributed by atoms with Gasteiger partial charge in [-0.25, -0.2) is 4.79 Å². The number of nitrogens with one attached hydrogen (secondary N) is 2. The lowest BCUT2D eigenvalue weighted by molar-refractivity contribution is -0.124. The molecular weight excluding hydrogens is 252 g/mol. The maximum absolute atomic E-state index is 12.3. The molecule has 1 aromatic carbocycles. The standard InChI is InChI=1S/C16H20N2O2/c1-2-3-5-11-7-8-12-6-4-9-16(13(12)10-11)14(19)17-15(20)18-16/h7-8,10H,2-6,9H2,1H3,(H2,17,18,19,20). The summed E-state index contributed by atoms with van der Waals surface area (Å²) in [6, 6.07) is 6.03. The number of benzene rings is 1. The van der Waals surface area contributed by atoms with E-state index in [1.165, 1.54) is 11.1 Å². The minimum Gasteiger partial charge on any atom is -0.319 e. The fourth-order valence-electron chi connectivity index (χ4n) is 3.31. The van der Waals surface area contributed by atoms with Crippen LogP contribution in [-0.2, 0) is 23.2 Å². The second kappa shape index (κ2) is 4.93. The van der Waals surface area contributed by atoms with E-state index in [1.54, 1.807) is 0 Å². The van der Waals surface area contributed by atoms with Crippen LogP contribution in [0.25, 0.3) is 0 Å². The SMILES string of the molecule is CCCCc1ccc2c(c1)C1(CCC2)NC(=O)NC1=O. The first kappa shape index (κ1) is 13.2. The fraction of sp³-hybridized carbons (Fsp3) is 0.500. The molecule has 2 aliphatic rings. The number of carbonyl (C=O) groups is 2. The van der Waals surface area contributed by atoms with Gasteiger partial charge in [0.05, 0.1) is 0 Å². The smallest absolute Gasteiger partial charge is 0.319 e. The summed E-state index contributed by atoms with van der Waals surface area (Å²) < 4.78 is 0. The van der Waals surface area contributed by atoms with Crippen LogP contribution in [-0.4, -0.2) is 11.9 Å². The molecule has 1 aromatic rings. The number of carbonyl (C=O) groups excluding carboxylic acids is 2. The monoisotopic (exact) mass is 272 g/mol. The van der Waals surface area contributed by atoms with E-state index in [0.29, 0.717) is 6.42 Å². The van der Waals surface area contributed by atoms with Crippen LogP contribution in [0.3, 0.4) is 0 Å². The van der Waals surface area contributed by atoms with Crippen molar-refractivity contribution in [1.29, 1.82) is 0 Å². The van der Waals surface area contributed by atoms with Gasteiger partial charge in [-0.1, -0.05) is 31.5 Å². The van der Waals surface area contributed by atoms with Crippen LogP contribution in [0.15, 0.2) is 18.2 Å². The van der Waals surface area contributed by atoms with Crippen LogP contribution in [0.5, 0.6) is 0 Å². The summed E-state index contributed by atoms with van der Waals surface area (Å²) in [5, 5.41) is 5.25. The maximum Gasteiger partial charge on any atom is 0.322 e. The fourth-order valence-corrected chi connectivity index (χ4v) is 3.31. The first-order valence-corrected chi connectivity index (χ1v) is 7.41. The Bertz CT molecular complexity index is 568. The summed E-state index contributed by atoms with van der Waals surface area (Å²) >= 11 is 0. The average molecular weight is 272 g/mol. The van der Waals surface area contributed by atoms with Gasteiger partial charge in [0, 0.05) is 0 Å². The zero-order valence-electron chi connectivity index (χ0n) is 11.8. The molecule has 1 unspecified atom stereocenters. The topological polar surface area (TPSA) is 58.2 Å². The third kappa shape index (κ3) is 1.99. The molecule has 3 rings (SSSR count). The van der Waals surface area contributed by atoms with Gasteiger partial charge in [0.2, 0.25) is 0 Å². The highest BCUT2D eigenvalue weighted by Crippen LogP contribution is 2.38. The number of aryl methyl sites for hydroxylation is 2.